The Morgan fingerprint density at radius 3 is 2.63 bits per heavy atom. The number of fused-ring (bicyclic) bond motifs is 3. The van der Waals surface area contributed by atoms with Crippen LogP contribution in [0.2, 0.25) is 0 Å². The lowest BCUT2D eigenvalue weighted by Crippen LogP contribution is -2.40. The number of nitrogens with one attached hydrogen (secondary N) is 1. The number of hydrogen-bond acceptors (Lipinski definition) is 8. The molecule has 0 radical (unpaired) electrons. The summed E-state index contributed by atoms with van der Waals surface area (Å²) in [6.07, 6.45) is 7.95. The number of ether oxygens (including phenoxy) is 3. The summed E-state index contributed by atoms with van der Waals surface area (Å²) in [7, 11) is 3.73. The van der Waals surface area contributed by atoms with Crippen molar-refractivity contribution in [3.05, 3.63) is 24.4 Å². The summed E-state index contributed by atoms with van der Waals surface area (Å²) in [5.41, 5.74) is 0.698. The zero-order valence-corrected chi connectivity index (χ0v) is 23.1. The number of pyridine rings is 1. The number of benzene rings is 1. The van der Waals surface area contributed by atoms with E-state index < -0.39 is 11.6 Å². The highest BCUT2D eigenvalue weighted by molar-refractivity contribution is 6.06. The first-order valence-corrected chi connectivity index (χ1v) is 13.3. The van der Waals surface area contributed by atoms with Gasteiger partial charge in [0.1, 0.15) is 17.9 Å². The van der Waals surface area contributed by atoms with Crippen molar-refractivity contribution in [1.82, 2.24) is 25.0 Å². The van der Waals surface area contributed by atoms with Crippen LogP contribution in [0.4, 0.5) is 0 Å². The molecule has 1 aromatic carbocycles. The summed E-state index contributed by atoms with van der Waals surface area (Å²) in [4.78, 5) is 32.1. The Bertz CT molecular complexity index is 1280. The molecule has 0 bridgehead atoms. The number of carbonyl (C=O) groups excluding carboxylic acids is 2. The van der Waals surface area contributed by atoms with Gasteiger partial charge in [-0.2, -0.15) is 5.10 Å². The predicted octanol–water partition coefficient (Wildman–Crippen LogP) is 3.69. The summed E-state index contributed by atoms with van der Waals surface area (Å²) in [5.74, 6) is 0.290. The van der Waals surface area contributed by atoms with E-state index in [0.29, 0.717) is 34.8 Å². The number of aromatic nitrogens is 3. The molecule has 1 amide bonds. The number of likely N-dealkylation sites (N-methyl/N-ethyl adjacent to an activating group) is 1. The molecule has 1 aliphatic carbocycles. The smallest absolute Gasteiger partial charge is 0.344 e. The number of nitrogens with zero attached hydrogens (tertiary/aromatic N) is 4. The van der Waals surface area contributed by atoms with Gasteiger partial charge in [-0.3, -0.25) is 9.48 Å². The number of carbonyl (C=O) groups is 2. The van der Waals surface area contributed by atoms with Crippen molar-refractivity contribution in [2.24, 2.45) is 0 Å². The third-order valence-corrected chi connectivity index (χ3v) is 6.78. The Kier molecular flexibility index (Phi) is 8.71. The van der Waals surface area contributed by atoms with Crippen LogP contribution >= 0.6 is 0 Å². The number of methoxy groups -OCH3 is 1. The zero-order valence-electron chi connectivity index (χ0n) is 23.1. The molecule has 10 nitrogen and oxygen atoms in total. The molecule has 10 heteroatoms. The second-order valence-corrected chi connectivity index (χ2v) is 10.9. The maximum Gasteiger partial charge on any atom is 0.344 e. The largest absolute Gasteiger partial charge is 0.497 e. The molecular formula is C28H39N5O5. The Labute approximate surface area is 223 Å². The summed E-state index contributed by atoms with van der Waals surface area (Å²) in [6, 6.07) is 6.07. The Morgan fingerprint density at radius 1 is 1.16 bits per heavy atom. The standard InChI is InChI=1S/C28H39N5O5/c1-28(2,3)38-25(35)18-37-27-22-16-30-33(26(22)21-15-20(36-5)11-12-23(21)31-27)17-24(34)29-13-14-32(4)19-9-7-6-8-10-19/h11-12,15-16,19H,6-10,13-14,17-18H2,1-5H3,(H,29,34). The summed E-state index contributed by atoms with van der Waals surface area (Å²) >= 11 is 0. The van der Waals surface area contributed by atoms with Gasteiger partial charge in [0.05, 0.1) is 29.7 Å². The van der Waals surface area contributed by atoms with E-state index in [-0.39, 0.29) is 24.9 Å². The Hall–Kier alpha value is -3.40. The first-order chi connectivity index (χ1) is 18.1. The van der Waals surface area contributed by atoms with Gasteiger partial charge in [-0.15, -0.1) is 0 Å². The molecule has 0 saturated heterocycles. The summed E-state index contributed by atoms with van der Waals surface area (Å²) in [5, 5.41) is 8.87. The molecule has 38 heavy (non-hydrogen) atoms. The topological polar surface area (TPSA) is 108 Å². The van der Waals surface area contributed by atoms with Gasteiger partial charge in [-0.05, 0) is 58.9 Å². The van der Waals surface area contributed by atoms with Gasteiger partial charge in [0.25, 0.3) is 0 Å². The van der Waals surface area contributed by atoms with Crippen molar-refractivity contribution < 1.29 is 23.8 Å². The van der Waals surface area contributed by atoms with Crippen LogP contribution < -0.4 is 14.8 Å². The first-order valence-electron chi connectivity index (χ1n) is 13.3. The lowest BCUT2D eigenvalue weighted by molar-refractivity contribution is -0.157. The third kappa shape index (κ3) is 6.92. The monoisotopic (exact) mass is 525 g/mol. The molecule has 1 saturated carbocycles. The van der Waals surface area contributed by atoms with Gasteiger partial charge >= 0.3 is 5.97 Å². The van der Waals surface area contributed by atoms with E-state index in [1.54, 1.807) is 44.8 Å². The minimum absolute atomic E-state index is 0.0402. The number of amides is 1. The van der Waals surface area contributed by atoms with Crippen molar-refractivity contribution in [2.45, 2.75) is 71.1 Å². The first kappa shape index (κ1) is 27.6. The summed E-state index contributed by atoms with van der Waals surface area (Å²) in [6.45, 7) is 6.53. The maximum absolute atomic E-state index is 12.9. The highest BCUT2D eigenvalue weighted by Gasteiger charge is 2.21. The Balaban J connectivity index is 1.51. The summed E-state index contributed by atoms with van der Waals surface area (Å²) < 4.78 is 18.2. The minimum atomic E-state index is -0.618. The fourth-order valence-electron chi connectivity index (χ4n) is 4.92. The Morgan fingerprint density at radius 2 is 1.92 bits per heavy atom. The van der Waals surface area contributed by atoms with Crippen LogP contribution in [0.25, 0.3) is 21.8 Å². The lowest BCUT2D eigenvalue weighted by atomic mass is 9.94. The normalized spacial score (nSPS) is 14.7. The van der Waals surface area contributed by atoms with Crippen molar-refractivity contribution in [1.29, 1.82) is 0 Å². The lowest BCUT2D eigenvalue weighted by Gasteiger charge is -2.31. The molecule has 2 aromatic heterocycles. The van der Waals surface area contributed by atoms with Crippen LogP contribution in [0.1, 0.15) is 52.9 Å². The van der Waals surface area contributed by atoms with Gasteiger partial charge in [0.15, 0.2) is 6.61 Å². The molecule has 4 rings (SSSR count). The molecule has 0 atom stereocenters. The average Bonchev–Trinajstić information content (AvgIpc) is 3.30. The van der Waals surface area contributed by atoms with E-state index in [1.165, 1.54) is 32.1 Å². The minimum Gasteiger partial charge on any atom is -0.497 e. The number of esters is 1. The molecule has 0 aliphatic heterocycles. The SMILES string of the molecule is COc1ccc2nc(OCC(=O)OC(C)(C)C)c3cnn(CC(=O)NCCN(C)C4CCCCC4)c3c2c1. The van der Waals surface area contributed by atoms with Crippen LogP contribution in [0.3, 0.4) is 0 Å². The van der Waals surface area contributed by atoms with Crippen molar-refractivity contribution in [3.8, 4) is 11.6 Å². The van der Waals surface area contributed by atoms with Crippen molar-refractivity contribution in [2.75, 3.05) is 33.9 Å². The maximum atomic E-state index is 12.9. The van der Waals surface area contributed by atoms with Crippen LogP contribution in [-0.4, -0.2) is 77.0 Å². The molecule has 1 aliphatic rings. The second-order valence-electron chi connectivity index (χ2n) is 10.9. The van der Waals surface area contributed by atoms with Crippen LogP contribution in [0.5, 0.6) is 11.6 Å². The molecule has 1 fully saturated rings. The van der Waals surface area contributed by atoms with Gasteiger partial charge < -0.3 is 24.4 Å². The van der Waals surface area contributed by atoms with Gasteiger partial charge in [-0.1, -0.05) is 19.3 Å². The average molecular weight is 526 g/mol. The molecule has 206 valence electrons. The predicted molar refractivity (Wildman–Crippen MR) is 145 cm³/mol. The fourth-order valence-corrected chi connectivity index (χ4v) is 4.92. The highest BCUT2D eigenvalue weighted by Crippen LogP contribution is 2.33. The number of rotatable bonds is 10. The highest BCUT2D eigenvalue weighted by atomic mass is 16.6. The zero-order chi connectivity index (χ0) is 27.3. The molecule has 0 spiro atoms. The number of hydrogen-bond donors (Lipinski definition) is 1. The van der Waals surface area contributed by atoms with E-state index in [4.69, 9.17) is 14.2 Å². The molecule has 0 unspecified atom stereocenters. The third-order valence-electron chi connectivity index (χ3n) is 6.78. The van der Waals surface area contributed by atoms with E-state index in [9.17, 15) is 9.59 Å². The van der Waals surface area contributed by atoms with Gasteiger partial charge in [0, 0.05) is 24.5 Å². The van der Waals surface area contributed by atoms with Gasteiger partial charge in [-0.25, -0.2) is 9.78 Å². The molecule has 2 heterocycles. The van der Waals surface area contributed by atoms with Crippen LogP contribution in [0.15, 0.2) is 24.4 Å². The van der Waals surface area contributed by atoms with Gasteiger partial charge in [0.2, 0.25) is 11.8 Å². The second kappa shape index (κ2) is 12.0. The van der Waals surface area contributed by atoms with E-state index >= 15 is 0 Å². The van der Waals surface area contributed by atoms with E-state index in [1.807, 2.05) is 12.1 Å². The molecule has 3 aromatic rings. The van der Waals surface area contributed by atoms with Crippen LogP contribution in [0, 0.1) is 0 Å². The van der Waals surface area contributed by atoms with E-state index in [0.717, 1.165) is 11.9 Å². The van der Waals surface area contributed by atoms with E-state index in [2.05, 4.69) is 27.3 Å². The van der Waals surface area contributed by atoms with Crippen LogP contribution in [-0.2, 0) is 20.9 Å². The van der Waals surface area contributed by atoms with Crippen molar-refractivity contribution in [3.63, 3.8) is 0 Å². The quantitative estimate of drug-likeness (QED) is 0.399. The molecule has 1 N–H and O–H groups in total. The van der Waals surface area contributed by atoms with Crippen molar-refractivity contribution >= 4 is 33.7 Å². The molecular weight excluding hydrogens is 486 g/mol. The fraction of sp³-hybridized carbons (Fsp3) is 0.571.